The van der Waals surface area contributed by atoms with E-state index in [0.717, 1.165) is 183 Å². The molecule has 12 aromatic rings. The maximum atomic E-state index is 12.9. The standard InChI is InChI=1S/C28H30N4O.2C25H26N4O.C22H20N4O/c29-22-13-14-23-21(18-22)12-16-24-27(23)30-25(15-11-19-7-3-1-4-8-19)28(31-24)32-26(33)17-20-9-5-2-6-10-20;1-16(2)14-23(30)29-25-22(12-8-17-6-4-3-5-7-17)27-24-20-11-10-19(26)15-18(20)9-13-21(24)28-25;1-3-16(2)25(30)29-24-22(13-9-17-7-5-4-6-8-17)27-23-20-12-11-19(26)15-18(20)10-14-21(23)28-24;1-14(27)24-22-20(11-7-15-5-3-2-4-6-15)25-21-18-10-9-17(23)13-16(18)8-12-19(21)26-22/h1,3-4,7-8,11,13-15,18,20H,2,5-6,9-10,12,16-17,29H2,(H,31,32,33);3-8,10-12,15-16H,9,13-14,26H2,1-2H3,(H,28,29,30);4-9,11-13,15-16H,3,10,14,26H2,1-2H3,(H,28,29,30);2-7,9-11,13H,8,12,23H2,1H3,(H,24,26,27)/b15-11+;12-8+;13-9+;11-7+. The Morgan fingerprint density at radius 3 is 0.967 bits per heavy atom. The highest BCUT2D eigenvalue weighted by molar-refractivity contribution is 5.96. The summed E-state index contributed by atoms with van der Waals surface area (Å²) in [5.74, 6) is 2.54. The Labute approximate surface area is 701 Å². The van der Waals surface area contributed by atoms with Crippen LogP contribution >= 0.6 is 0 Å². The molecule has 5 aliphatic rings. The lowest BCUT2D eigenvalue weighted by atomic mass is 9.87. The maximum Gasteiger partial charge on any atom is 0.228 e. The Balaban J connectivity index is 0.000000131. The molecule has 20 heteroatoms. The van der Waals surface area contributed by atoms with Crippen molar-refractivity contribution in [2.24, 2.45) is 17.8 Å². The molecule has 0 saturated heterocycles. The molecule has 120 heavy (non-hydrogen) atoms. The van der Waals surface area contributed by atoms with Crippen molar-refractivity contribution in [3.05, 3.63) is 284 Å². The van der Waals surface area contributed by atoms with Crippen LogP contribution in [0.3, 0.4) is 0 Å². The third-order valence-corrected chi connectivity index (χ3v) is 21.9. The van der Waals surface area contributed by atoms with E-state index >= 15 is 0 Å². The van der Waals surface area contributed by atoms with Crippen LogP contribution < -0.4 is 44.2 Å². The Morgan fingerprint density at radius 1 is 0.367 bits per heavy atom. The Bertz CT molecular complexity index is 5860. The van der Waals surface area contributed by atoms with Gasteiger partial charge >= 0.3 is 0 Å². The van der Waals surface area contributed by atoms with Gasteiger partial charge in [0.05, 0.1) is 45.6 Å². The molecule has 8 aromatic carbocycles. The molecule has 0 bridgehead atoms. The number of carbonyl (C=O) groups is 4. The minimum absolute atomic E-state index is 0.0366. The van der Waals surface area contributed by atoms with Crippen molar-refractivity contribution in [2.45, 2.75) is 137 Å². The molecule has 0 radical (unpaired) electrons. The first kappa shape index (κ1) is 82.6. The summed E-state index contributed by atoms with van der Waals surface area (Å²) >= 11 is 0. The van der Waals surface area contributed by atoms with Crippen LogP contribution in [0.5, 0.6) is 0 Å². The molecule has 1 unspecified atom stereocenters. The highest BCUT2D eigenvalue weighted by atomic mass is 16.2. The van der Waals surface area contributed by atoms with Crippen LogP contribution in [-0.4, -0.2) is 63.5 Å². The molecule has 5 aliphatic carbocycles. The van der Waals surface area contributed by atoms with E-state index in [1.165, 1.54) is 48.4 Å². The molecular weight excluding hydrogens is 1490 g/mol. The fraction of sp³-hybridized carbons (Fsp3) is 0.240. The third kappa shape index (κ3) is 21.3. The van der Waals surface area contributed by atoms with Gasteiger partial charge in [-0.25, -0.2) is 39.9 Å². The maximum absolute atomic E-state index is 12.9. The quantitative estimate of drug-likeness (QED) is 0.0370. The average molecular weight is 1590 g/mol. The van der Waals surface area contributed by atoms with Gasteiger partial charge in [0.25, 0.3) is 0 Å². The molecule has 1 atom stereocenters. The average Bonchev–Trinajstić information content (AvgIpc) is 0.794. The van der Waals surface area contributed by atoms with E-state index in [1.54, 1.807) is 0 Å². The predicted molar refractivity (Wildman–Crippen MR) is 489 cm³/mol. The smallest absolute Gasteiger partial charge is 0.228 e. The van der Waals surface area contributed by atoms with Crippen LogP contribution in [0.25, 0.3) is 93.6 Å². The Morgan fingerprint density at radius 2 is 0.667 bits per heavy atom. The number of nitrogens with one attached hydrogen (secondary N) is 4. The lowest BCUT2D eigenvalue weighted by Gasteiger charge is -2.22. The lowest BCUT2D eigenvalue weighted by Crippen LogP contribution is -2.22. The van der Waals surface area contributed by atoms with Crippen molar-refractivity contribution >= 4 is 118 Å². The Kier molecular flexibility index (Phi) is 26.8. The normalized spacial score (nSPS) is 13.7. The summed E-state index contributed by atoms with van der Waals surface area (Å²) in [5, 5.41) is 11.9. The van der Waals surface area contributed by atoms with Crippen LogP contribution in [0.4, 0.5) is 46.0 Å². The largest absolute Gasteiger partial charge is 0.399 e. The van der Waals surface area contributed by atoms with Gasteiger partial charge in [-0.15, -0.1) is 0 Å². The van der Waals surface area contributed by atoms with Crippen molar-refractivity contribution in [3.63, 3.8) is 0 Å². The number of carbonyl (C=O) groups excluding carboxylic acids is 4. The molecule has 0 spiro atoms. The van der Waals surface area contributed by atoms with E-state index < -0.39 is 0 Å². The molecule has 0 aliphatic heterocycles. The molecule has 1 saturated carbocycles. The van der Waals surface area contributed by atoms with Crippen LogP contribution in [-0.2, 0) is 70.5 Å². The molecule has 17 rings (SSSR count). The van der Waals surface area contributed by atoms with Gasteiger partial charge in [-0.1, -0.05) is 217 Å². The predicted octanol–water partition coefficient (Wildman–Crippen LogP) is 19.8. The van der Waals surface area contributed by atoms with Gasteiger partial charge in [0.2, 0.25) is 23.6 Å². The van der Waals surface area contributed by atoms with Crippen LogP contribution in [0.1, 0.15) is 176 Å². The zero-order chi connectivity index (χ0) is 83.6. The number of fused-ring (bicyclic) bond motifs is 12. The summed E-state index contributed by atoms with van der Waals surface area (Å²) in [7, 11) is 0. The van der Waals surface area contributed by atoms with E-state index in [9.17, 15) is 19.2 Å². The highest BCUT2D eigenvalue weighted by Crippen LogP contribution is 2.40. The summed E-state index contributed by atoms with van der Waals surface area (Å²) in [6.45, 7) is 9.45. The van der Waals surface area contributed by atoms with Crippen molar-refractivity contribution in [3.8, 4) is 45.0 Å². The topological polar surface area (TPSA) is 324 Å². The number of amides is 4. The van der Waals surface area contributed by atoms with E-state index in [2.05, 4.69) is 21.3 Å². The fourth-order valence-electron chi connectivity index (χ4n) is 15.5. The van der Waals surface area contributed by atoms with E-state index in [4.69, 9.17) is 62.8 Å². The summed E-state index contributed by atoms with van der Waals surface area (Å²) in [4.78, 5) is 88.5. The first-order chi connectivity index (χ1) is 58.3. The zero-order valence-electron chi connectivity index (χ0n) is 68.7. The first-order valence-corrected chi connectivity index (χ1v) is 41.6. The fourth-order valence-corrected chi connectivity index (χ4v) is 15.5. The van der Waals surface area contributed by atoms with Crippen LogP contribution in [0, 0.1) is 17.8 Å². The Hall–Kier alpha value is -13.9. The SMILES string of the molecule is CC(=O)Nc1nc2c(nc1/C=C/c1ccccc1)-c1ccc(N)cc1CC2.CC(C)CC(=O)Nc1nc2c(nc1/C=C/c1ccccc1)-c1ccc(N)cc1CC2.CCC(C)C(=O)Nc1nc2c(nc1/C=C/c1ccccc1)-c1ccc(N)cc1CC2.Nc1ccc2c(c1)CCc1nc(NC(=O)CC3CCCCC3)c(/C=C/c3ccccc3)nc1-2. The van der Waals surface area contributed by atoms with E-state index in [0.29, 0.717) is 64.8 Å². The number of aryl methyl sites for hydroxylation is 8. The molecule has 606 valence electrons. The number of nitrogens with two attached hydrogens (primary N) is 4. The second-order valence-corrected chi connectivity index (χ2v) is 31.5. The number of hydrogen-bond donors (Lipinski definition) is 8. The monoisotopic (exact) mass is 1590 g/mol. The van der Waals surface area contributed by atoms with Crippen LogP contribution in [0.2, 0.25) is 0 Å². The van der Waals surface area contributed by atoms with Gasteiger partial charge in [-0.05, 0) is 200 Å². The zero-order valence-corrected chi connectivity index (χ0v) is 68.7. The third-order valence-electron chi connectivity index (χ3n) is 21.9. The first-order valence-electron chi connectivity index (χ1n) is 41.6. The number of aromatic nitrogens is 8. The number of benzene rings is 8. The number of hydrogen-bond acceptors (Lipinski definition) is 16. The summed E-state index contributed by atoms with van der Waals surface area (Å²) in [6.07, 6.45) is 30.0. The molecular formula is C100H102N16O4. The minimum Gasteiger partial charge on any atom is -0.399 e. The lowest BCUT2D eigenvalue weighted by molar-refractivity contribution is -0.119. The second-order valence-electron chi connectivity index (χ2n) is 31.5. The van der Waals surface area contributed by atoms with Crippen LogP contribution in [0.15, 0.2) is 194 Å². The second kappa shape index (κ2) is 38.9. The van der Waals surface area contributed by atoms with Gasteiger partial charge in [0.1, 0.15) is 22.8 Å². The van der Waals surface area contributed by atoms with E-state index in [-0.39, 0.29) is 35.5 Å². The number of anilines is 8. The molecule has 1 fully saturated rings. The molecule has 4 heterocycles. The highest BCUT2D eigenvalue weighted by Gasteiger charge is 2.28. The molecule has 12 N–H and O–H groups in total. The summed E-state index contributed by atoms with van der Waals surface area (Å²) < 4.78 is 0. The summed E-state index contributed by atoms with van der Waals surface area (Å²) in [5.41, 5.74) is 49.9. The number of nitrogens with zero attached hydrogens (tertiary/aromatic N) is 8. The van der Waals surface area contributed by atoms with Gasteiger partial charge in [-0.3, -0.25) is 19.2 Å². The van der Waals surface area contributed by atoms with Gasteiger partial charge in [0, 0.05) is 70.7 Å². The molecule has 4 amide bonds. The van der Waals surface area contributed by atoms with Gasteiger partial charge in [0.15, 0.2) is 23.3 Å². The van der Waals surface area contributed by atoms with Crippen molar-refractivity contribution < 1.29 is 19.2 Å². The summed E-state index contributed by atoms with van der Waals surface area (Å²) in [6, 6.07) is 63.8. The number of nitrogen functional groups attached to an aromatic ring is 4. The molecule has 4 aromatic heterocycles. The van der Waals surface area contributed by atoms with Crippen molar-refractivity contribution in [1.29, 1.82) is 0 Å². The number of rotatable bonds is 18. The van der Waals surface area contributed by atoms with E-state index in [1.807, 2.05) is 270 Å². The van der Waals surface area contributed by atoms with Gasteiger partial charge < -0.3 is 44.2 Å². The van der Waals surface area contributed by atoms with Crippen molar-refractivity contribution in [1.82, 2.24) is 39.9 Å². The molecule has 20 nitrogen and oxygen atoms in total. The minimum atomic E-state index is -0.164. The van der Waals surface area contributed by atoms with Gasteiger partial charge in [-0.2, -0.15) is 0 Å². The van der Waals surface area contributed by atoms with Crippen molar-refractivity contribution in [2.75, 3.05) is 44.2 Å².